The molecular weight excluding hydrogens is 254 g/mol. The van der Waals surface area contributed by atoms with E-state index in [1.165, 1.54) is 17.0 Å². The number of methoxy groups -OCH3 is 1. The molecule has 20 heavy (non-hydrogen) atoms. The molecule has 0 unspecified atom stereocenters. The highest BCUT2D eigenvalue weighted by molar-refractivity contribution is 5.27. The second kappa shape index (κ2) is 9.91. The third-order valence-electron chi connectivity index (χ3n) is 3.40. The highest BCUT2D eigenvalue weighted by atomic mass is 16.5. The van der Waals surface area contributed by atoms with Gasteiger partial charge in [0.15, 0.2) is 0 Å². The molecule has 5 nitrogen and oxygen atoms in total. The first kappa shape index (κ1) is 17.1. The van der Waals surface area contributed by atoms with E-state index >= 15 is 0 Å². The number of aryl methyl sites for hydroxylation is 1. The molecule has 1 aromatic rings. The maximum atomic E-state index is 5.71. The van der Waals surface area contributed by atoms with Crippen LogP contribution in [0.15, 0.2) is 0 Å². The van der Waals surface area contributed by atoms with Gasteiger partial charge in [0.1, 0.15) is 0 Å². The topological polar surface area (TPSA) is 62.3 Å². The largest absolute Gasteiger partial charge is 0.385 e. The first-order valence-electron chi connectivity index (χ1n) is 7.62. The predicted molar refractivity (Wildman–Crippen MR) is 81.1 cm³/mol. The van der Waals surface area contributed by atoms with Crippen LogP contribution in [-0.2, 0) is 35.3 Å². The van der Waals surface area contributed by atoms with Crippen LogP contribution in [0.5, 0.6) is 0 Å². The molecule has 0 fully saturated rings. The third kappa shape index (κ3) is 4.89. The van der Waals surface area contributed by atoms with Gasteiger partial charge in [0.05, 0.1) is 18.8 Å². The van der Waals surface area contributed by atoms with Gasteiger partial charge in [-0.3, -0.25) is 4.68 Å². The quantitative estimate of drug-likeness (QED) is 0.626. The lowest BCUT2D eigenvalue weighted by molar-refractivity contribution is 0.0956. The van der Waals surface area contributed by atoms with Gasteiger partial charge in [-0.15, -0.1) is 0 Å². The van der Waals surface area contributed by atoms with E-state index in [2.05, 4.69) is 18.5 Å². The Labute approximate surface area is 122 Å². The molecule has 0 aliphatic carbocycles. The Balaban J connectivity index is 2.56. The van der Waals surface area contributed by atoms with Gasteiger partial charge in [0.2, 0.25) is 0 Å². The van der Waals surface area contributed by atoms with Crippen LogP contribution in [0.1, 0.15) is 37.2 Å². The highest BCUT2D eigenvalue weighted by Crippen LogP contribution is 2.16. The Kier molecular flexibility index (Phi) is 8.49. The van der Waals surface area contributed by atoms with Crippen LogP contribution in [0.3, 0.4) is 0 Å². The van der Waals surface area contributed by atoms with E-state index in [4.69, 9.17) is 20.3 Å². The predicted octanol–water partition coefficient (Wildman–Crippen LogP) is 1.56. The molecule has 116 valence electrons. The fourth-order valence-corrected chi connectivity index (χ4v) is 2.45. The normalized spacial score (nSPS) is 11.2. The molecular formula is C15H29N3O2. The van der Waals surface area contributed by atoms with E-state index in [-0.39, 0.29) is 0 Å². The van der Waals surface area contributed by atoms with E-state index in [9.17, 15) is 0 Å². The van der Waals surface area contributed by atoms with Crippen LogP contribution in [-0.4, -0.2) is 43.3 Å². The minimum Gasteiger partial charge on any atom is -0.385 e. The molecule has 0 saturated carbocycles. The molecule has 1 heterocycles. The summed E-state index contributed by atoms with van der Waals surface area (Å²) in [6.07, 6.45) is 3.81. The zero-order valence-electron chi connectivity index (χ0n) is 13.2. The van der Waals surface area contributed by atoms with E-state index < -0.39 is 0 Å². The molecule has 0 amide bonds. The average molecular weight is 283 g/mol. The van der Waals surface area contributed by atoms with Crippen LogP contribution in [0.25, 0.3) is 0 Å². The Morgan fingerprint density at radius 1 is 1.15 bits per heavy atom. The summed E-state index contributed by atoms with van der Waals surface area (Å²) < 4.78 is 12.7. The van der Waals surface area contributed by atoms with Crippen molar-refractivity contribution in [2.45, 2.75) is 46.1 Å². The van der Waals surface area contributed by atoms with Crippen molar-refractivity contribution >= 4 is 0 Å². The van der Waals surface area contributed by atoms with Crippen LogP contribution < -0.4 is 5.73 Å². The zero-order valence-corrected chi connectivity index (χ0v) is 13.2. The molecule has 5 heteroatoms. The summed E-state index contributed by atoms with van der Waals surface area (Å²) in [6.45, 7) is 8.01. The van der Waals surface area contributed by atoms with Crippen molar-refractivity contribution in [2.75, 3.05) is 33.5 Å². The van der Waals surface area contributed by atoms with Crippen LogP contribution >= 0.6 is 0 Å². The van der Waals surface area contributed by atoms with Crippen molar-refractivity contribution in [3.8, 4) is 0 Å². The second-order valence-electron chi connectivity index (χ2n) is 4.80. The minimum absolute atomic E-state index is 0.680. The lowest BCUT2D eigenvalue weighted by Crippen LogP contribution is -2.12. The van der Waals surface area contributed by atoms with Gasteiger partial charge in [-0.2, -0.15) is 5.10 Å². The number of ether oxygens (including phenoxy) is 2. The molecule has 0 saturated heterocycles. The van der Waals surface area contributed by atoms with Gasteiger partial charge in [-0.1, -0.05) is 13.8 Å². The molecule has 2 N–H and O–H groups in total. The Morgan fingerprint density at radius 2 is 1.95 bits per heavy atom. The lowest BCUT2D eigenvalue weighted by Gasteiger charge is -2.08. The minimum atomic E-state index is 0.680. The smallest absolute Gasteiger partial charge is 0.0662 e. The van der Waals surface area contributed by atoms with Crippen LogP contribution in [0.4, 0.5) is 0 Å². The third-order valence-corrected chi connectivity index (χ3v) is 3.40. The second-order valence-corrected chi connectivity index (χ2v) is 4.80. The van der Waals surface area contributed by atoms with Crippen molar-refractivity contribution < 1.29 is 9.47 Å². The summed E-state index contributed by atoms with van der Waals surface area (Å²) in [5.41, 5.74) is 9.56. The summed E-state index contributed by atoms with van der Waals surface area (Å²) in [5, 5.41) is 4.71. The lowest BCUT2D eigenvalue weighted by atomic mass is 10.1. The van der Waals surface area contributed by atoms with Crippen molar-refractivity contribution in [3.05, 3.63) is 17.0 Å². The van der Waals surface area contributed by atoms with Gasteiger partial charge in [0, 0.05) is 26.0 Å². The first-order chi connectivity index (χ1) is 9.78. The summed E-state index contributed by atoms with van der Waals surface area (Å²) >= 11 is 0. The van der Waals surface area contributed by atoms with Gasteiger partial charge >= 0.3 is 0 Å². The molecule has 0 aliphatic heterocycles. The maximum Gasteiger partial charge on any atom is 0.0662 e. The number of aromatic nitrogens is 2. The highest BCUT2D eigenvalue weighted by Gasteiger charge is 2.14. The van der Waals surface area contributed by atoms with Crippen molar-refractivity contribution in [1.29, 1.82) is 0 Å². The molecule has 0 aliphatic rings. The Morgan fingerprint density at radius 3 is 2.55 bits per heavy atom. The van der Waals surface area contributed by atoms with Gasteiger partial charge in [-0.05, 0) is 37.8 Å². The van der Waals surface area contributed by atoms with E-state index in [0.29, 0.717) is 13.2 Å². The SMILES string of the molecule is CCc1nn(CCOCCCOC)c(CC)c1CCN. The molecule has 0 bridgehead atoms. The first-order valence-corrected chi connectivity index (χ1v) is 7.62. The van der Waals surface area contributed by atoms with Crippen molar-refractivity contribution in [2.24, 2.45) is 5.73 Å². The van der Waals surface area contributed by atoms with E-state index in [1.807, 2.05) is 0 Å². The summed E-state index contributed by atoms with van der Waals surface area (Å²) in [7, 11) is 1.71. The number of rotatable bonds is 11. The molecule has 0 atom stereocenters. The summed E-state index contributed by atoms with van der Waals surface area (Å²) in [6, 6.07) is 0. The van der Waals surface area contributed by atoms with Crippen molar-refractivity contribution in [1.82, 2.24) is 9.78 Å². The van der Waals surface area contributed by atoms with E-state index in [0.717, 1.165) is 45.4 Å². The Bertz CT molecular complexity index is 377. The number of nitrogens with two attached hydrogens (primary N) is 1. The fourth-order valence-electron chi connectivity index (χ4n) is 2.45. The maximum absolute atomic E-state index is 5.71. The Hall–Kier alpha value is -0.910. The fraction of sp³-hybridized carbons (Fsp3) is 0.800. The molecule has 0 spiro atoms. The van der Waals surface area contributed by atoms with E-state index in [1.54, 1.807) is 7.11 Å². The molecule has 1 aromatic heterocycles. The molecule has 0 aromatic carbocycles. The monoisotopic (exact) mass is 283 g/mol. The molecule has 1 rings (SSSR count). The standard InChI is InChI=1S/C15H29N3O2/c1-4-14-13(7-8-16)15(5-2)18(17-14)9-12-20-11-6-10-19-3/h4-12,16H2,1-3H3. The molecule has 0 radical (unpaired) electrons. The number of nitrogens with zero attached hydrogens (tertiary/aromatic N) is 2. The number of hydrogen-bond donors (Lipinski definition) is 1. The van der Waals surface area contributed by atoms with Crippen LogP contribution in [0.2, 0.25) is 0 Å². The number of hydrogen-bond acceptors (Lipinski definition) is 4. The summed E-state index contributed by atoms with van der Waals surface area (Å²) in [4.78, 5) is 0. The summed E-state index contributed by atoms with van der Waals surface area (Å²) in [5.74, 6) is 0. The average Bonchev–Trinajstić information content (AvgIpc) is 2.80. The zero-order chi connectivity index (χ0) is 14.8. The van der Waals surface area contributed by atoms with Gasteiger partial charge in [0.25, 0.3) is 0 Å². The van der Waals surface area contributed by atoms with Gasteiger partial charge in [-0.25, -0.2) is 0 Å². The van der Waals surface area contributed by atoms with Crippen LogP contribution in [0, 0.1) is 0 Å². The van der Waals surface area contributed by atoms with Crippen molar-refractivity contribution in [3.63, 3.8) is 0 Å². The van der Waals surface area contributed by atoms with Gasteiger partial charge < -0.3 is 15.2 Å².